The molecule has 2 rings (SSSR count). The molecule has 4 heteroatoms. The summed E-state index contributed by atoms with van der Waals surface area (Å²) in [6, 6.07) is 1.71. The van der Waals surface area contributed by atoms with Crippen LogP contribution in [-0.2, 0) is 0 Å². The molecule has 0 radical (unpaired) electrons. The highest BCUT2D eigenvalue weighted by Crippen LogP contribution is 2.08. The van der Waals surface area contributed by atoms with Gasteiger partial charge in [-0.3, -0.25) is 0 Å². The summed E-state index contributed by atoms with van der Waals surface area (Å²) >= 11 is 0. The standard InChI is InChI=1S/C7H6FN3/c1-5-6(8)7-9-3-2-4-11(7)10-5/h2-4H,1H3. The molecule has 0 saturated heterocycles. The van der Waals surface area contributed by atoms with Crippen LogP contribution in [0.5, 0.6) is 0 Å². The molecule has 0 aliphatic heterocycles. The summed E-state index contributed by atoms with van der Waals surface area (Å²) in [5.74, 6) is -0.342. The second-order valence-corrected chi connectivity index (χ2v) is 2.29. The van der Waals surface area contributed by atoms with Crippen molar-refractivity contribution in [3.05, 3.63) is 30.0 Å². The molecule has 0 unspecified atom stereocenters. The molecule has 0 aromatic carbocycles. The average Bonchev–Trinajstić information content (AvgIpc) is 2.30. The molecule has 0 bridgehead atoms. The molecule has 0 aliphatic carbocycles. The molecule has 0 spiro atoms. The summed E-state index contributed by atoms with van der Waals surface area (Å²) in [5.41, 5.74) is 0.661. The highest BCUT2D eigenvalue weighted by atomic mass is 19.1. The predicted molar refractivity (Wildman–Crippen MR) is 37.7 cm³/mol. The highest BCUT2D eigenvalue weighted by molar-refractivity contribution is 5.40. The van der Waals surface area contributed by atoms with E-state index < -0.39 is 0 Å². The zero-order valence-corrected chi connectivity index (χ0v) is 5.95. The van der Waals surface area contributed by atoms with Gasteiger partial charge in [0, 0.05) is 12.4 Å². The van der Waals surface area contributed by atoms with E-state index in [-0.39, 0.29) is 11.5 Å². The minimum absolute atomic E-state index is 0.282. The lowest BCUT2D eigenvalue weighted by Crippen LogP contribution is -1.87. The van der Waals surface area contributed by atoms with E-state index in [1.807, 2.05) is 0 Å². The van der Waals surface area contributed by atoms with E-state index >= 15 is 0 Å². The lowest BCUT2D eigenvalue weighted by molar-refractivity contribution is 0.626. The predicted octanol–water partition coefficient (Wildman–Crippen LogP) is 1.18. The number of hydrogen-bond acceptors (Lipinski definition) is 2. The number of hydrogen-bond donors (Lipinski definition) is 0. The van der Waals surface area contributed by atoms with Crippen molar-refractivity contribution in [2.75, 3.05) is 0 Å². The minimum Gasteiger partial charge on any atom is -0.234 e. The first kappa shape index (κ1) is 6.27. The van der Waals surface area contributed by atoms with Crippen LogP contribution in [0, 0.1) is 12.7 Å². The Morgan fingerprint density at radius 3 is 3.09 bits per heavy atom. The van der Waals surface area contributed by atoms with Crippen LogP contribution < -0.4 is 0 Å². The van der Waals surface area contributed by atoms with E-state index in [0.29, 0.717) is 5.69 Å². The molecule has 0 amide bonds. The van der Waals surface area contributed by atoms with E-state index in [4.69, 9.17) is 0 Å². The fourth-order valence-electron chi connectivity index (χ4n) is 0.969. The number of fused-ring (bicyclic) bond motifs is 1. The number of aryl methyl sites for hydroxylation is 1. The van der Waals surface area contributed by atoms with Gasteiger partial charge in [0.05, 0.1) is 5.69 Å². The second kappa shape index (κ2) is 2.02. The maximum Gasteiger partial charge on any atom is 0.191 e. The van der Waals surface area contributed by atoms with Gasteiger partial charge in [-0.05, 0) is 13.0 Å². The molecule has 0 fully saturated rings. The molecule has 2 aromatic heterocycles. The Hall–Kier alpha value is -1.45. The molecule has 11 heavy (non-hydrogen) atoms. The van der Waals surface area contributed by atoms with E-state index in [1.165, 1.54) is 4.52 Å². The number of halogens is 1. The Bertz CT molecular complexity index is 393. The Labute approximate surface area is 62.5 Å². The maximum absolute atomic E-state index is 13.0. The van der Waals surface area contributed by atoms with Crippen LogP contribution in [0.1, 0.15) is 5.69 Å². The summed E-state index contributed by atoms with van der Waals surface area (Å²) in [5, 5.41) is 3.89. The van der Waals surface area contributed by atoms with Crippen molar-refractivity contribution in [3.63, 3.8) is 0 Å². The Kier molecular flexibility index (Phi) is 1.15. The lowest BCUT2D eigenvalue weighted by Gasteiger charge is -1.86. The van der Waals surface area contributed by atoms with E-state index in [2.05, 4.69) is 10.1 Å². The number of rotatable bonds is 0. The van der Waals surface area contributed by atoms with Crippen LogP contribution >= 0.6 is 0 Å². The molecule has 0 atom stereocenters. The van der Waals surface area contributed by atoms with Crippen molar-refractivity contribution in [1.82, 2.24) is 14.6 Å². The lowest BCUT2D eigenvalue weighted by atomic mass is 10.4. The Morgan fingerprint density at radius 1 is 1.55 bits per heavy atom. The third-order valence-electron chi connectivity index (χ3n) is 1.50. The van der Waals surface area contributed by atoms with Crippen LogP contribution in [0.2, 0.25) is 0 Å². The summed E-state index contributed by atoms with van der Waals surface area (Å²) in [7, 11) is 0. The fraction of sp³-hybridized carbons (Fsp3) is 0.143. The first-order valence-electron chi connectivity index (χ1n) is 3.24. The molecule has 0 aliphatic rings. The maximum atomic E-state index is 13.0. The SMILES string of the molecule is Cc1nn2cccnc2c1F. The highest BCUT2D eigenvalue weighted by Gasteiger charge is 2.07. The molecule has 2 heterocycles. The topological polar surface area (TPSA) is 30.2 Å². The summed E-state index contributed by atoms with van der Waals surface area (Å²) in [6.07, 6.45) is 3.21. The van der Waals surface area contributed by atoms with Crippen LogP contribution in [-0.4, -0.2) is 14.6 Å². The average molecular weight is 151 g/mol. The first-order chi connectivity index (χ1) is 5.29. The third kappa shape index (κ3) is 0.790. The van der Waals surface area contributed by atoms with Crippen LogP contribution in [0.15, 0.2) is 18.5 Å². The van der Waals surface area contributed by atoms with Gasteiger partial charge in [0.25, 0.3) is 0 Å². The molecule has 3 nitrogen and oxygen atoms in total. The zero-order valence-electron chi connectivity index (χ0n) is 5.95. The minimum atomic E-state index is -0.342. The third-order valence-corrected chi connectivity index (χ3v) is 1.50. The van der Waals surface area contributed by atoms with Gasteiger partial charge in [0.15, 0.2) is 11.5 Å². The smallest absolute Gasteiger partial charge is 0.191 e. The molecule has 56 valence electrons. The fourth-order valence-corrected chi connectivity index (χ4v) is 0.969. The summed E-state index contributed by atoms with van der Waals surface area (Å²) in [6.45, 7) is 1.62. The van der Waals surface area contributed by atoms with Crippen molar-refractivity contribution in [2.24, 2.45) is 0 Å². The van der Waals surface area contributed by atoms with Crippen LogP contribution in [0.4, 0.5) is 4.39 Å². The van der Waals surface area contributed by atoms with Crippen LogP contribution in [0.25, 0.3) is 5.65 Å². The molecular weight excluding hydrogens is 145 g/mol. The van der Waals surface area contributed by atoms with Gasteiger partial charge < -0.3 is 0 Å². The molecule has 2 aromatic rings. The van der Waals surface area contributed by atoms with E-state index in [0.717, 1.165) is 0 Å². The quantitative estimate of drug-likeness (QED) is 0.565. The molecule has 0 saturated carbocycles. The normalized spacial score (nSPS) is 10.7. The van der Waals surface area contributed by atoms with Gasteiger partial charge in [0.2, 0.25) is 0 Å². The monoisotopic (exact) mass is 151 g/mol. The zero-order chi connectivity index (χ0) is 7.84. The van der Waals surface area contributed by atoms with Gasteiger partial charge >= 0.3 is 0 Å². The number of nitrogens with zero attached hydrogens (tertiary/aromatic N) is 3. The van der Waals surface area contributed by atoms with Gasteiger partial charge in [-0.1, -0.05) is 0 Å². The van der Waals surface area contributed by atoms with Gasteiger partial charge in [-0.2, -0.15) is 5.10 Å². The summed E-state index contributed by atoms with van der Waals surface area (Å²) in [4.78, 5) is 3.83. The van der Waals surface area contributed by atoms with Crippen molar-refractivity contribution >= 4 is 5.65 Å². The van der Waals surface area contributed by atoms with E-state index in [1.54, 1.807) is 25.4 Å². The Morgan fingerprint density at radius 2 is 2.36 bits per heavy atom. The van der Waals surface area contributed by atoms with Gasteiger partial charge in [-0.15, -0.1) is 0 Å². The largest absolute Gasteiger partial charge is 0.234 e. The van der Waals surface area contributed by atoms with Crippen molar-refractivity contribution in [1.29, 1.82) is 0 Å². The van der Waals surface area contributed by atoms with Gasteiger partial charge in [-0.25, -0.2) is 13.9 Å². The van der Waals surface area contributed by atoms with Crippen LogP contribution in [0.3, 0.4) is 0 Å². The van der Waals surface area contributed by atoms with Crippen molar-refractivity contribution < 1.29 is 4.39 Å². The van der Waals surface area contributed by atoms with Crippen molar-refractivity contribution in [3.8, 4) is 0 Å². The molecular formula is C7H6FN3. The first-order valence-corrected chi connectivity index (χ1v) is 3.24. The number of aromatic nitrogens is 3. The summed E-state index contributed by atoms with van der Waals surface area (Å²) < 4.78 is 14.4. The Balaban J connectivity index is 2.92. The van der Waals surface area contributed by atoms with E-state index in [9.17, 15) is 4.39 Å². The van der Waals surface area contributed by atoms with Gasteiger partial charge in [0.1, 0.15) is 0 Å². The second-order valence-electron chi connectivity index (χ2n) is 2.29. The van der Waals surface area contributed by atoms with Crippen molar-refractivity contribution in [2.45, 2.75) is 6.92 Å². The molecule has 0 N–H and O–H groups in total.